The average Bonchev–Trinajstić information content (AvgIpc) is 3.70. The summed E-state index contributed by atoms with van der Waals surface area (Å²) in [5.41, 5.74) is 0.705. The van der Waals surface area contributed by atoms with E-state index in [1.807, 2.05) is 0 Å². The molecular weight excluding hydrogens is 664 g/mol. The molecule has 4 rings (SSSR count). The number of carbonyl (C=O) groups is 6. The van der Waals surface area contributed by atoms with Gasteiger partial charge in [0, 0.05) is 25.4 Å². The monoisotopic (exact) mass is 711 g/mol. The fraction of sp³-hybridized carbons (Fsp3) is 0.556. The molecule has 1 aromatic heterocycles. The third-order valence-electron chi connectivity index (χ3n) is 9.62. The lowest BCUT2D eigenvalue weighted by molar-refractivity contribution is -0.145. The van der Waals surface area contributed by atoms with Gasteiger partial charge in [0.25, 0.3) is 11.8 Å². The maximum absolute atomic E-state index is 14.2. The lowest BCUT2D eigenvalue weighted by Crippen LogP contribution is -2.60. The van der Waals surface area contributed by atoms with Crippen molar-refractivity contribution >= 4 is 35.3 Å². The zero-order chi connectivity index (χ0) is 37.4. The Kier molecular flexibility index (Phi) is 13.3. The Morgan fingerprint density at radius 3 is 2.16 bits per heavy atom. The van der Waals surface area contributed by atoms with Gasteiger partial charge in [-0.3, -0.25) is 33.8 Å². The first-order valence-corrected chi connectivity index (χ1v) is 17.3. The van der Waals surface area contributed by atoms with Crippen molar-refractivity contribution in [3.63, 3.8) is 0 Å². The maximum Gasteiger partial charge on any atom is 0.290 e. The van der Waals surface area contributed by atoms with Crippen LogP contribution in [0.2, 0.25) is 0 Å². The third kappa shape index (κ3) is 9.70. The summed E-state index contributed by atoms with van der Waals surface area (Å²) in [7, 11) is 0. The molecule has 13 nitrogen and oxygen atoms in total. The van der Waals surface area contributed by atoms with Crippen LogP contribution in [0.25, 0.3) is 0 Å². The van der Waals surface area contributed by atoms with Gasteiger partial charge >= 0.3 is 0 Å². The van der Waals surface area contributed by atoms with Crippen LogP contribution < -0.4 is 21.3 Å². The number of alkyl halides is 2. The molecular formula is C36H47F2N7O6. The number of rotatable bonds is 15. The van der Waals surface area contributed by atoms with E-state index >= 15 is 0 Å². The molecule has 2 heterocycles. The van der Waals surface area contributed by atoms with E-state index in [9.17, 15) is 37.5 Å². The van der Waals surface area contributed by atoms with Crippen LogP contribution in [0, 0.1) is 23.7 Å². The van der Waals surface area contributed by atoms with Gasteiger partial charge in [0.2, 0.25) is 29.9 Å². The van der Waals surface area contributed by atoms with Gasteiger partial charge in [-0.1, -0.05) is 64.4 Å². The Hall–Kier alpha value is -4.82. The Morgan fingerprint density at radius 2 is 1.55 bits per heavy atom. The Labute approximate surface area is 296 Å². The molecule has 1 aliphatic heterocycles. The number of carbonyl (C=O) groups excluding carboxylic acids is 6. The number of nitrogens with one attached hydrogen (secondary N) is 4. The smallest absolute Gasteiger partial charge is 0.290 e. The van der Waals surface area contributed by atoms with Gasteiger partial charge in [0.15, 0.2) is 0 Å². The molecule has 15 heteroatoms. The van der Waals surface area contributed by atoms with Crippen molar-refractivity contribution in [1.29, 1.82) is 0 Å². The number of likely N-dealkylation sites (tertiary alicyclic amines) is 1. The minimum atomic E-state index is -3.01. The van der Waals surface area contributed by atoms with Gasteiger partial charge in [-0.25, -0.2) is 13.8 Å². The first kappa shape index (κ1) is 39.0. The van der Waals surface area contributed by atoms with Crippen LogP contribution in [0.5, 0.6) is 0 Å². The van der Waals surface area contributed by atoms with Gasteiger partial charge < -0.3 is 26.2 Å². The number of Topliss-reactive ketones (excluding diaryl/α,β-unsaturated/α-hetero) is 1. The van der Waals surface area contributed by atoms with Gasteiger partial charge in [0.05, 0.1) is 12.2 Å². The normalized spacial score (nSPS) is 20.7. The molecule has 4 N–H and O–H groups in total. The van der Waals surface area contributed by atoms with Crippen LogP contribution in [0.1, 0.15) is 82.4 Å². The summed E-state index contributed by atoms with van der Waals surface area (Å²) in [6.45, 7) is 8.75. The molecule has 2 aliphatic rings. The lowest BCUT2D eigenvalue weighted by Gasteiger charge is -2.34. The van der Waals surface area contributed by atoms with Gasteiger partial charge in [-0.2, -0.15) is 0 Å². The minimum absolute atomic E-state index is 0.0108. The Bertz CT molecular complexity index is 1560. The summed E-state index contributed by atoms with van der Waals surface area (Å²) in [5, 5.41) is 10.3. The van der Waals surface area contributed by atoms with Crippen LogP contribution in [-0.4, -0.2) is 87.3 Å². The Morgan fingerprint density at radius 1 is 0.863 bits per heavy atom. The fourth-order valence-electron chi connectivity index (χ4n) is 6.89. The molecule has 5 amide bonds. The molecule has 2 fully saturated rings. The molecule has 2 aromatic rings. The summed E-state index contributed by atoms with van der Waals surface area (Å²) < 4.78 is 27.4. The number of hydrogen-bond donors (Lipinski definition) is 4. The van der Waals surface area contributed by atoms with Crippen LogP contribution in [0.3, 0.4) is 0 Å². The minimum Gasteiger partial charge on any atom is -0.344 e. The number of amides is 5. The molecule has 7 atom stereocenters. The Balaban J connectivity index is 1.51. The molecule has 51 heavy (non-hydrogen) atoms. The highest BCUT2D eigenvalue weighted by molar-refractivity contribution is 6.38. The van der Waals surface area contributed by atoms with E-state index in [-0.39, 0.29) is 30.0 Å². The van der Waals surface area contributed by atoms with Gasteiger partial charge in [-0.15, -0.1) is 0 Å². The summed E-state index contributed by atoms with van der Waals surface area (Å²) in [4.78, 5) is 89.9. The summed E-state index contributed by atoms with van der Waals surface area (Å²) in [6.07, 6.45) is 2.04. The highest BCUT2D eigenvalue weighted by Crippen LogP contribution is 2.42. The summed E-state index contributed by atoms with van der Waals surface area (Å²) >= 11 is 0. The number of benzene rings is 1. The zero-order valence-corrected chi connectivity index (χ0v) is 29.5. The van der Waals surface area contributed by atoms with Crippen molar-refractivity contribution in [3.05, 3.63) is 60.2 Å². The van der Waals surface area contributed by atoms with Crippen molar-refractivity contribution < 1.29 is 37.5 Å². The van der Waals surface area contributed by atoms with Crippen LogP contribution >= 0.6 is 0 Å². The number of fused-ring (bicyclic) bond motifs is 1. The van der Waals surface area contributed by atoms with Crippen molar-refractivity contribution in [1.82, 2.24) is 36.1 Å². The molecule has 0 spiro atoms. The number of ketones is 1. The molecule has 0 bridgehead atoms. The molecule has 0 unspecified atom stereocenters. The van der Waals surface area contributed by atoms with Gasteiger partial charge in [-0.05, 0) is 49.0 Å². The standard InChI is InChI=1S/C36H47F2N7O6/c1-19(2)28(43-32(47)26-17-39-14-15-40-26)33(48)44-29(20(3)4)36(51)45-18-23-12-9-13-24(23)30(45)34(49)42-25(16-27(37)38)31(46)35(50)41-21(5)22-10-7-6-8-11-22/h6-8,10-11,14-15,17,19-21,23-25,27-30H,9,12-13,16,18H2,1-5H3,(H,41,50)(H,42,49)(H,43,47)(H,44,48)/t21-,23-,24-,25-,28-,29-,30-/m0/s1. The fourth-order valence-corrected chi connectivity index (χ4v) is 6.89. The molecule has 276 valence electrons. The van der Waals surface area contributed by atoms with Crippen molar-refractivity contribution in [3.8, 4) is 0 Å². The first-order chi connectivity index (χ1) is 24.2. The van der Waals surface area contributed by atoms with Crippen LogP contribution in [-0.2, 0) is 24.0 Å². The maximum atomic E-state index is 14.2. The van der Waals surface area contributed by atoms with Gasteiger partial charge in [0.1, 0.15) is 29.9 Å². The van der Waals surface area contributed by atoms with E-state index in [1.54, 1.807) is 65.0 Å². The number of halogens is 2. The number of hydrogen-bond acceptors (Lipinski definition) is 8. The molecule has 0 radical (unpaired) electrons. The first-order valence-electron chi connectivity index (χ1n) is 17.3. The van der Waals surface area contributed by atoms with E-state index < -0.39 is 84.3 Å². The predicted octanol–water partition coefficient (Wildman–Crippen LogP) is 2.59. The summed E-state index contributed by atoms with van der Waals surface area (Å²) in [5.74, 6) is -6.13. The second-order valence-corrected chi connectivity index (χ2v) is 14.0. The molecule has 1 aliphatic carbocycles. The quantitative estimate of drug-likeness (QED) is 0.204. The van der Waals surface area contributed by atoms with E-state index in [1.165, 1.54) is 23.5 Å². The topological polar surface area (TPSA) is 180 Å². The van der Waals surface area contributed by atoms with Crippen molar-refractivity contribution in [2.75, 3.05) is 6.54 Å². The molecule has 1 aromatic carbocycles. The lowest BCUT2D eigenvalue weighted by atomic mass is 9.92. The second kappa shape index (κ2) is 17.4. The summed E-state index contributed by atoms with van der Waals surface area (Å²) in [6, 6.07) is 3.07. The van der Waals surface area contributed by atoms with Crippen LogP contribution in [0.4, 0.5) is 8.78 Å². The predicted molar refractivity (Wildman–Crippen MR) is 182 cm³/mol. The van der Waals surface area contributed by atoms with E-state index in [2.05, 4.69) is 31.2 Å². The van der Waals surface area contributed by atoms with E-state index in [0.717, 1.165) is 12.8 Å². The van der Waals surface area contributed by atoms with Crippen LogP contribution in [0.15, 0.2) is 48.9 Å². The average molecular weight is 712 g/mol. The zero-order valence-electron chi connectivity index (χ0n) is 29.5. The molecule has 1 saturated heterocycles. The SMILES string of the molecule is CC(C)[C@H](NC(=O)c1cnccn1)C(=O)N[C@H](C(=O)N1C[C@@H]2CCC[C@@H]2[C@H]1C(=O)N[C@@H](CC(F)F)C(=O)C(=O)N[C@@H](C)c1ccccc1)C(C)C. The highest BCUT2D eigenvalue weighted by atomic mass is 19.3. The van der Waals surface area contributed by atoms with E-state index in [0.29, 0.717) is 12.0 Å². The third-order valence-corrected chi connectivity index (χ3v) is 9.62. The number of nitrogens with zero attached hydrogens (tertiary/aromatic N) is 3. The number of aromatic nitrogens is 2. The largest absolute Gasteiger partial charge is 0.344 e. The highest BCUT2D eigenvalue weighted by Gasteiger charge is 2.51. The van der Waals surface area contributed by atoms with Crippen molar-refractivity contribution in [2.45, 2.75) is 96.9 Å². The van der Waals surface area contributed by atoms with E-state index in [4.69, 9.17) is 0 Å². The van der Waals surface area contributed by atoms with Crippen molar-refractivity contribution in [2.24, 2.45) is 23.7 Å². The second-order valence-electron chi connectivity index (χ2n) is 14.0. The molecule has 1 saturated carbocycles.